The molecular formula is C11H17BrN4O2S. The van der Waals surface area contributed by atoms with Crippen LogP contribution < -0.4 is 10.2 Å². The van der Waals surface area contributed by atoms with E-state index in [9.17, 15) is 8.42 Å². The van der Waals surface area contributed by atoms with Gasteiger partial charge in [-0.2, -0.15) is 0 Å². The van der Waals surface area contributed by atoms with Crippen LogP contribution in [-0.4, -0.2) is 49.0 Å². The molecule has 0 amide bonds. The molecule has 106 valence electrons. The van der Waals surface area contributed by atoms with E-state index < -0.39 is 9.84 Å². The molecule has 1 aliphatic heterocycles. The van der Waals surface area contributed by atoms with E-state index >= 15 is 0 Å². The molecule has 0 radical (unpaired) electrons. The molecule has 0 aliphatic carbocycles. The molecule has 1 aromatic heterocycles. The van der Waals surface area contributed by atoms with Crippen LogP contribution in [0.15, 0.2) is 10.8 Å². The van der Waals surface area contributed by atoms with Gasteiger partial charge >= 0.3 is 0 Å². The van der Waals surface area contributed by atoms with Gasteiger partial charge in [0.05, 0.1) is 11.5 Å². The summed E-state index contributed by atoms with van der Waals surface area (Å²) in [6, 6.07) is -0.0839. The molecule has 1 fully saturated rings. The lowest BCUT2D eigenvalue weighted by Crippen LogP contribution is -2.47. The number of sulfone groups is 1. The van der Waals surface area contributed by atoms with Crippen LogP contribution in [0.3, 0.4) is 0 Å². The summed E-state index contributed by atoms with van der Waals surface area (Å²) in [7, 11) is -2.92. The highest BCUT2D eigenvalue weighted by atomic mass is 79.9. The summed E-state index contributed by atoms with van der Waals surface area (Å²) in [6.07, 6.45) is 1.49. The Kier molecular flexibility index (Phi) is 4.29. The van der Waals surface area contributed by atoms with Crippen molar-refractivity contribution in [3.63, 3.8) is 0 Å². The van der Waals surface area contributed by atoms with E-state index in [0.29, 0.717) is 6.54 Å². The van der Waals surface area contributed by atoms with E-state index in [4.69, 9.17) is 0 Å². The van der Waals surface area contributed by atoms with Crippen LogP contribution in [-0.2, 0) is 9.84 Å². The third-order valence-electron chi connectivity index (χ3n) is 3.06. The van der Waals surface area contributed by atoms with Crippen LogP contribution in [0.4, 0.5) is 11.6 Å². The maximum atomic E-state index is 11.6. The molecule has 6 nitrogen and oxygen atoms in total. The van der Waals surface area contributed by atoms with Gasteiger partial charge in [-0.25, -0.2) is 18.4 Å². The molecule has 8 heteroatoms. The second-order valence-corrected chi connectivity index (χ2v) is 7.57. The maximum Gasteiger partial charge on any atom is 0.154 e. The maximum absolute atomic E-state index is 11.6. The summed E-state index contributed by atoms with van der Waals surface area (Å²) in [5.41, 5.74) is 0. The van der Waals surface area contributed by atoms with E-state index in [2.05, 4.69) is 31.2 Å². The van der Waals surface area contributed by atoms with E-state index in [1.165, 1.54) is 6.33 Å². The van der Waals surface area contributed by atoms with Crippen molar-refractivity contribution in [2.75, 3.05) is 34.8 Å². The Morgan fingerprint density at radius 2 is 2.26 bits per heavy atom. The standard InChI is InChI=1S/C11H17BrN4O2S/c1-3-13-10-9(12)11(15-7-14-10)16-4-5-19(17,18)6-8(16)2/h7-8H,3-6H2,1-2H3,(H,13,14,15). The van der Waals surface area contributed by atoms with E-state index in [1.54, 1.807) is 0 Å². The Hall–Kier alpha value is -0.890. The molecule has 0 spiro atoms. The van der Waals surface area contributed by atoms with Crippen LogP contribution in [0.5, 0.6) is 0 Å². The molecular weight excluding hydrogens is 332 g/mol. The molecule has 2 heterocycles. The van der Waals surface area contributed by atoms with Crippen molar-refractivity contribution in [2.24, 2.45) is 0 Å². The Morgan fingerprint density at radius 1 is 1.53 bits per heavy atom. The molecule has 0 saturated carbocycles. The first-order valence-corrected chi connectivity index (χ1v) is 8.77. The number of hydrogen-bond acceptors (Lipinski definition) is 6. The minimum absolute atomic E-state index is 0.0839. The predicted molar refractivity (Wildman–Crippen MR) is 79.4 cm³/mol. The van der Waals surface area contributed by atoms with Gasteiger partial charge in [0.2, 0.25) is 0 Å². The Bertz CT molecular complexity index is 564. The highest BCUT2D eigenvalue weighted by molar-refractivity contribution is 9.10. The minimum Gasteiger partial charge on any atom is -0.369 e. The average molecular weight is 349 g/mol. The van der Waals surface area contributed by atoms with Crippen LogP contribution in [0, 0.1) is 0 Å². The molecule has 2 rings (SSSR count). The fraction of sp³-hybridized carbons (Fsp3) is 0.636. The first kappa shape index (κ1) is 14.5. The first-order valence-electron chi connectivity index (χ1n) is 6.16. The van der Waals surface area contributed by atoms with Crippen LogP contribution >= 0.6 is 15.9 Å². The smallest absolute Gasteiger partial charge is 0.154 e. The molecule has 1 saturated heterocycles. The molecule has 0 aromatic carbocycles. The number of anilines is 2. The third kappa shape index (κ3) is 3.17. The second kappa shape index (κ2) is 5.62. The molecule has 19 heavy (non-hydrogen) atoms. The van der Waals surface area contributed by atoms with Crippen molar-refractivity contribution in [3.8, 4) is 0 Å². The number of hydrogen-bond donors (Lipinski definition) is 1. The van der Waals surface area contributed by atoms with Gasteiger partial charge in [-0.15, -0.1) is 0 Å². The first-order chi connectivity index (χ1) is 8.94. The van der Waals surface area contributed by atoms with Gasteiger partial charge in [0.15, 0.2) is 9.84 Å². The normalized spacial score (nSPS) is 22.3. The fourth-order valence-corrected chi connectivity index (χ4v) is 4.29. The summed E-state index contributed by atoms with van der Waals surface area (Å²) in [5, 5.41) is 3.14. The molecule has 1 aromatic rings. The lowest BCUT2D eigenvalue weighted by atomic mass is 10.3. The van der Waals surface area contributed by atoms with Crippen LogP contribution in [0.2, 0.25) is 0 Å². The third-order valence-corrected chi connectivity index (χ3v) is 5.58. The van der Waals surface area contributed by atoms with E-state index in [0.717, 1.165) is 22.7 Å². The van der Waals surface area contributed by atoms with Crippen molar-refractivity contribution in [1.29, 1.82) is 0 Å². The highest BCUT2D eigenvalue weighted by Gasteiger charge is 2.30. The van der Waals surface area contributed by atoms with Crippen molar-refractivity contribution in [1.82, 2.24) is 9.97 Å². The van der Waals surface area contributed by atoms with Gasteiger partial charge in [-0.3, -0.25) is 0 Å². The average Bonchev–Trinajstić information content (AvgIpc) is 2.32. The number of nitrogens with one attached hydrogen (secondary N) is 1. The summed E-state index contributed by atoms with van der Waals surface area (Å²) in [6.45, 7) is 5.12. The fourth-order valence-electron chi connectivity index (χ4n) is 2.16. The van der Waals surface area contributed by atoms with Gasteiger partial charge < -0.3 is 10.2 Å². The molecule has 1 atom stereocenters. The number of rotatable bonds is 3. The summed E-state index contributed by atoms with van der Waals surface area (Å²) < 4.78 is 24.0. The van der Waals surface area contributed by atoms with Crippen molar-refractivity contribution in [2.45, 2.75) is 19.9 Å². The Labute approximate surface area is 121 Å². The summed E-state index contributed by atoms with van der Waals surface area (Å²) in [4.78, 5) is 10.4. The van der Waals surface area contributed by atoms with Crippen LogP contribution in [0.1, 0.15) is 13.8 Å². The van der Waals surface area contributed by atoms with Crippen molar-refractivity contribution >= 4 is 37.4 Å². The van der Waals surface area contributed by atoms with Gasteiger partial charge in [0.25, 0.3) is 0 Å². The number of halogens is 1. The van der Waals surface area contributed by atoms with Gasteiger partial charge in [-0.05, 0) is 29.8 Å². The van der Waals surface area contributed by atoms with Gasteiger partial charge in [0.1, 0.15) is 22.4 Å². The zero-order chi connectivity index (χ0) is 14.0. The largest absolute Gasteiger partial charge is 0.369 e. The molecule has 0 bridgehead atoms. The molecule has 1 aliphatic rings. The van der Waals surface area contributed by atoms with E-state index in [1.807, 2.05) is 18.7 Å². The minimum atomic E-state index is -2.92. The van der Waals surface area contributed by atoms with E-state index in [-0.39, 0.29) is 17.5 Å². The monoisotopic (exact) mass is 348 g/mol. The summed E-state index contributed by atoms with van der Waals surface area (Å²) in [5.74, 6) is 1.81. The second-order valence-electron chi connectivity index (χ2n) is 4.55. The quantitative estimate of drug-likeness (QED) is 0.887. The topological polar surface area (TPSA) is 75.2 Å². The molecule has 1 N–H and O–H groups in total. The SMILES string of the molecule is CCNc1ncnc(N2CCS(=O)(=O)CC2C)c1Br. The number of nitrogens with zero attached hydrogens (tertiary/aromatic N) is 3. The highest BCUT2D eigenvalue weighted by Crippen LogP contribution is 2.31. The Morgan fingerprint density at radius 3 is 2.89 bits per heavy atom. The number of aromatic nitrogens is 2. The predicted octanol–water partition coefficient (Wildman–Crippen LogP) is 1.29. The lowest BCUT2D eigenvalue weighted by Gasteiger charge is -2.34. The molecule has 1 unspecified atom stereocenters. The van der Waals surface area contributed by atoms with Crippen molar-refractivity contribution < 1.29 is 8.42 Å². The zero-order valence-corrected chi connectivity index (χ0v) is 13.3. The van der Waals surface area contributed by atoms with Gasteiger partial charge in [-0.1, -0.05) is 0 Å². The van der Waals surface area contributed by atoms with Gasteiger partial charge in [0, 0.05) is 19.1 Å². The summed E-state index contributed by atoms with van der Waals surface area (Å²) >= 11 is 3.50. The van der Waals surface area contributed by atoms with Crippen LogP contribution in [0.25, 0.3) is 0 Å². The van der Waals surface area contributed by atoms with Crippen molar-refractivity contribution in [3.05, 3.63) is 10.8 Å². The lowest BCUT2D eigenvalue weighted by molar-refractivity contribution is 0.566. The Balaban J connectivity index is 2.30. The zero-order valence-electron chi connectivity index (χ0n) is 10.9.